The SMILES string of the molecule is CCCCCCCC(=O)ON(c1ccccc1)c1ccccc1. The molecule has 23 heavy (non-hydrogen) atoms. The fraction of sp³-hybridized carbons (Fsp3) is 0.350. The van der Waals surface area contributed by atoms with Crippen LogP contribution in [0.25, 0.3) is 0 Å². The van der Waals surface area contributed by atoms with Crippen LogP contribution < -0.4 is 5.06 Å². The standard InChI is InChI=1S/C20H25NO2/c1-2-3-4-5-12-17-20(22)23-21(18-13-8-6-9-14-18)19-15-10-7-11-16-19/h6-11,13-16H,2-5,12,17H2,1H3. The second kappa shape index (κ2) is 9.67. The van der Waals surface area contributed by atoms with E-state index in [1.165, 1.54) is 19.3 Å². The van der Waals surface area contributed by atoms with Crippen LogP contribution in [0.2, 0.25) is 0 Å². The van der Waals surface area contributed by atoms with Crippen LogP contribution in [0.4, 0.5) is 11.4 Å². The van der Waals surface area contributed by atoms with Crippen molar-refractivity contribution in [3.63, 3.8) is 0 Å². The molecule has 0 atom stereocenters. The zero-order chi connectivity index (χ0) is 16.3. The molecule has 0 aliphatic rings. The van der Waals surface area contributed by atoms with E-state index in [1.54, 1.807) is 5.06 Å². The Kier molecular flexibility index (Phi) is 7.18. The van der Waals surface area contributed by atoms with Gasteiger partial charge in [-0.05, 0) is 30.7 Å². The Labute approximate surface area is 138 Å². The van der Waals surface area contributed by atoms with Crippen molar-refractivity contribution < 1.29 is 9.63 Å². The molecule has 0 amide bonds. The van der Waals surface area contributed by atoms with Crippen molar-refractivity contribution >= 4 is 17.3 Å². The molecule has 3 heteroatoms. The van der Waals surface area contributed by atoms with Gasteiger partial charge in [0.15, 0.2) is 0 Å². The first kappa shape index (κ1) is 17.1. The first-order valence-electron chi connectivity index (χ1n) is 8.42. The van der Waals surface area contributed by atoms with Crippen LogP contribution in [0.15, 0.2) is 60.7 Å². The van der Waals surface area contributed by atoms with Crippen LogP contribution in [0.1, 0.15) is 45.4 Å². The topological polar surface area (TPSA) is 29.5 Å². The molecule has 0 unspecified atom stereocenters. The van der Waals surface area contributed by atoms with E-state index in [0.717, 1.165) is 24.2 Å². The van der Waals surface area contributed by atoms with E-state index in [1.807, 2.05) is 60.7 Å². The molecular formula is C20H25NO2. The molecule has 0 aromatic heterocycles. The molecule has 0 bridgehead atoms. The Hall–Kier alpha value is -2.29. The van der Waals surface area contributed by atoms with E-state index in [-0.39, 0.29) is 5.97 Å². The predicted octanol–water partition coefficient (Wildman–Crippen LogP) is 5.64. The molecule has 0 N–H and O–H groups in total. The van der Waals surface area contributed by atoms with Crippen LogP contribution >= 0.6 is 0 Å². The fourth-order valence-corrected chi connectivity index (χ4v) is 2.40. The normalized spacial score (nSPS) is 10.3. The first-order valence-corrected chi connectivity index (χ1v) is 8.42. The van der Waals surface area contributed by atoms with Crippen LogP contribution in [0.3, 0.4) is 0 Å². The number of nitrogens with zero attached hydrogens (tertiary/aromatic N) is 1. The zero-order valence-corrected chi connectivity index (χ0v) is 13.8. The van der Waals surface area contributed by atoms with Gasteiger partial charge in [-0.25, -0.2) is 4.79 Å². The Morgan fingerprint density at radius 1 is 0.826 bits per heavy atom. The monoisotopic (exact) mass is 311 g/mol. The summed E-state index contributed by atoms with van der Waals surface area (Å²) in [6, 6.07) is 19.4. The molecule has 0 saturated heterocycles. The van der Waals surface area contributed by atoms with Gasteiger partial charge in [0.1, 0.15) is 0 Å². The summed E-state index contributed by atoms with van der Waals surface area (Å²) in [5.74, 6) is -0.186. The van der Waals surface area contributed by atoms with Crippen molar-refractivity contribution in [1.82, 2.24) is 0 Å². The van der Waals surface area contributed by atoms with Gasteiger partial charge in [0.05, 0.1) is 11.4 Å². The van der Waals surface area contributed by atoms with Gasteiger partial charge in [-0.2, -0.15) is 5.06 Å². The lowest BCUT2D eigenvalue weighted by Crippen LogP contribution is -2.22. The molecule has 0 aliphatic heterocycles. The highest BCUT2D eigenvalue weighted by molar-refractivity contribution is 5.73. The maximum Gasteiger partial charge on any atom is 0.332 e. The molecule has 0 radical (unpaired) electrons. The molecule has 0 spiro atoms. The van der Waals surface area contributed by atoms with Gasteiger partial charge in [-0.15, -0.1) is 0 Å². The van der Waals surface area contributed by atoms with E-state index in [2.05, 4.69) is 6.92 Å². The molecule has 3 nitrogen and oxygen atoms in total. The van der Waals surface area contributed by atoms with Gasteiger partial charge in [0.25, 0.3) is 0 Å². The van der Waals surface area contributed by atoms with Crippen LogP contribution in [0.5, 0.6) is 0 Å². The van der Waals surface area contributed by atoms with E-state index in [9.17, 15) is 4.79 Å². The van der Waals surface area contributed by atoms with Crippen molar-refractivity contribution in [2.24, 2.45) is 0 Å². The van der Waals surface area contributed by atoms with Gasteiger partial charge < -0.3 is 4.84 Å². The highest BCUT2D eigenvalue weighted by atomic mass is 16.7. The number of hydrogen-bond acceptors (Lipinski definition) is 3. The maximum atomic E-state index is 12.2. The van der Waals surface area contributed by atoms with Gasteiger partial charge in [0, 0.05) is 6.42 Å². The van der Waals surface area contributed by atoms with E-state index >= 15 is 0 Å². The Balaban J connectivity index is 1.97. The quantitative estimate of drug-likeness (QED) is 0.443. The molecule has 0 fully saturated rings. The first-order chi connectivity index (χ1) is 11.3. The number of para-hydroxylation sites is 2. The average Bonchev–Trinajstić information content (AvgIpc) is 2.61. The lowest BCUT2D eigenvalue weighted by Gasteiger charge is -2.23. The minimum Gasteiger partial charge on any atom is -0.336 e. The van der Waals surface area contributed by atoms with Crippen molar-refractivity contribution in [3.05, 3.63) is 60.7 Å². The number of unbranched alkanes of at least 4 members (excludes halogenated alkanes) is 4. The molecule has 0 aliphatic carbocycles. The Morgan fingerprint density at radius 3 is 1.87 bits per heavy atom. The molecular weight excluding hydrogens is 286 g/mol. The second-order valence-electron chi connectivity index (χ2n) is 5.59. The Morgan fingerprint density at radius 2 is 1.35 bits per heavy atom. The highest BCUT2D eigenvalue weighted by Gasteiger charge is 2.14. The average molecular weight is 311 g/mol. The minimum atomic E-state index is -0.186. The summed E-state index contributed by atoms with van der Waals surface area (Å²) in [5.41, 5.74) is 1.69. The third kappa shape index (κ3) is 5.78. The van der Waals surface area contributed by atoms with Crippen LogP contribution in [-0.2, 0) is 9.63 Å². The Bertz CT molecular complexity index is 529. The molecule has 122 valence electrons. The van der Waals surface area contributed by atoms with Gasteiger partial charge >= 0.3 is 5.97 Å². The number of carbonyl (C=O) groups excluding carboxylic acids is 1. The molecule has 0 heterocycles. The third-order valence-electron chi connectivity index (χ3n) is 3.66. The van der Waals surface area contributed by atoms with Crippen LogP contribution in [0, 0.1) is 0 Å². The van der Waals surface area contributed by atoms with E-state index in [4.69, 9.17) is 4.84 Å². The maximum absolute atomic E-state index is 12.2. The summed E-state index contributed by atoms with van der Waals surface area (Å²) in [7, 11) is 0. The van der Waals surface area contributed by atoms with E-state index < -0.39 is 0 Å². The van der Waals surface area contributed by atoms with Crippen molar-refractivity contribution in [2.45, 2.75) is 45.4 Å². The summed E-state index contributed by atoms with van der Waals surface area (Å²) in [5, 5.41) is 1.61. The summed E-state index contributed by atoms with van der Waals surface area (Å²) in [6.45, 7) is 2.19. The summed E-state index contributed by atoms with van der Waals surface area (Å²) < 4.78 is 0. The second-order valence-corrected chi connectivity index (χ2v) is 5.59. The molecule has 2 aromatic rings. The largest absolute Gasteiger partial charge is 0.336 e. The smallest absolute Gasteiger partial charge is 0.332 e. The van der Waals surface area contributed by atoms with Crippen LogP contribution in [-0.4, -0.2) is 5.97 Å². The van der Waals surface area contributed by atoms with Gasteiger partial charge in [-0.3, -0.25) is 0 Å². The van der Waals surface area contributed by atoms with Gasteiger partial charge in [-0.1, -0.05) is 69.0 Å². The number of hydrogen-bond donors (Lipinski definition) is 0. The summed E-state index contributed by atoms with van der Waals surface area (Å²) in [4.78, 5) is 17.8. The van der Waals surface area contributed by atoms with Crippen molar-refractivity contribution in [3.8, 4) is 0 Å². The zero-order valence-electron chi connectivity index (χ0n) is 13.8. The minimum absolute atomic E-state index is 0.186. The lowest BCUT2D eigenvalue weighted by molar-refractivity contribution is -0.143. The van der Waals surface area contributed by atoms with Crippen molar-refractivity contribution in [2.75, 3.05) is 5.06 Å². The fourth-order valence-electron chi connectivity index (χ4n) is 2.40. The number of benzene rings is 2. The lowest BCUT2D eigenvalue weighted by atomic mass is 10.1. The highest BCUT2D eigenvalue weighted by Crippen LogP contribution is 2.25. The number of rotatable bonds is 9. The summed E-state index contributed by atoms with van der Waals surface area (Å²) >= 11 is 0. The number of anilines is 2. The van der Waals surface area contributed by atoms with E-state index in [0.29, 0.717) is 6.42 Å². The predicted molar refractivity (Wildman–Crippen MR) is 94.5 cm³/mol. The molecule has 2 rings (SSSR count). The van der Waals surface area contributed by atoms with Gasteiger partial charge in [0.2, 0.25) is 0 Å². The number of carbonyl (C=O) groups is 1. The van der Waals surface area contributed by atoms with Crippen molar-refractivity contribution in [1.29, 1.82) is 0 Å². The molecule has 0 saturated carbocycles. The molecule has 2 aromatic carbocycles. The summed E-state index contributed by atoms with van der Waals surface area (Å²) in [6.07, 6.45) is 6.05. The third-order valence-corrected chi connectivity index (χ3v) is 3.66.